The zero-order valence-electron chi connectivity index (χ0n) is 14.6. The van der Waals surface area contributed by atoms with Gasteiger partial charge in [-0.1, -0.05) is 5.16 Å². The minimum Gasteiger partial charge on any atom is -0.352 e. The molecule has 0 aromatic carbocycles. The van der Waals surface area contributed by atoms with E-state index in [2.05, 4.69) is 43.8 Å². The molecule has 3 aromatic heterocycles. The average molecular weight is 356 g/mol. The number of thiazole rings is 1. The zero-order valence-corrected chi connectivity index (χ0v) is 15.4. The Hall–Kier alpha value is -2.48. The summed E-state index contributed by atoms with van der Waals surface area (Å²) in [6, 6.07) is 3.88. The van der Waals surface area contributed by atoms with Gasteiger partial charge in [0.15, 0.2) is 11.0 Å². The molecule has 1 aliphatic rings. The lowest BCUT2D eigenvalue weighted by Gasteiger charge is -2.35. The molecule has 0 radical (unpaired) electrons. The van der Waals surface area contributed by atoms with Gasteiger partial charge in [-0.05, 0) is 32.9 Å². The second-order valence-electron chi connectivity index (χ2n) is 6.13. The summed E-state index contributed by atoms with van der Waals surface area (Å²) in [6.07, 6.45) is 1.81. The summed E-state index contributed by atoms with van der Waals surface area (Å²) in [6.45, 7) is 9.62. The monoisotopic (exact) mass is 356 g/mol. The maximum absolute atomic E-state index is 5.34. The number of pyridine rings is 1. The fraction of sp³-hybridized carbons (Fsp3) is 0.412. The van der Waals surface area contributed by atoms with Crippen molar-refractivity contribution in [3.8, 4) is 11.5 Å². The summed E-state index contributed by atoms with van der Waals surface area (Å²) in [7, 11) is 0. The predicted octanol–water partition coefficient (Wildman–Crippen LogP) is 2.84. The lowest BCUT2D eigenvalue weighted by atomic mass is 10.2. The Morgan fingerprint density at radius 2 is 1.80 bits per heavy atom. The Morgan fingerprint density at radius 1 is 1.04 bits per heavy atom. The van der Waals surface area contributed by atoms with Crippen molar-refractivity contribution in [2.45, 2.75) is 20.8 Å². The molecule has 1 saturated heterocycles. The quantitative estimate of drug-likeness (QED) is 0.714. The second-order valence-corrected chi connectivity index (χ2v) is 7.32. The molecule has 0 saturated carbocycles. The highest BCUT2D eigenvalue weighted by Gasteiger charge is 2.24. The molecule has 0 aliphatic carbocycles. The molecule has 7 nitrogen and oxygen atoms in total. The number of aromatic nitrogens is 4. The van der Waals surface area contributed by atoms with E-state index < -0.39 is 0 Å². The fourth-order valence-electron chi connectivity index (χ4n) is 2.92. The van der Waals surface area contributed by atoms with Gasteiger partial charge in [0.1, 0.15) is 5.82 Å². The van der Waals surface area contributed by atoms with Gasteiger partial charge in [0, 0.05) is 37.3 Å². The summed E-state index contributed by atoms with van der Waals surface area (Å²) in [5, 5.41) is 5.01. The number of piperazine rings is 1. The number of aryl methyl sites for hydroxylation is 3. The van der Waals surface area contributed by atoms with Crippen LogP contribution in [0.15, 0.2) is 22.9 Å². The Kier molecular flexibility index (Phi) is 4.12. The molecule has 0 unspecified atom stereocenters. The topological polar surface area (TPSA) is 71.2 Å². The van der Waals surface area contributed by atoms with Gasteiger partial charge >= 0.3 is 0 Å². The number of anilines is 2. The largest absolute Gasteiger partial charge is 0.352 e. The van der Waals surface area contributed by atoms with Crippen molar-refractivity contribution in [2.24, 2.45) is 0 Å². The molecule has 4 rings (SSSR count). The first-order valence-corrected chi connectivity index (χ1v) is 9.13. The highest BCUT2D eigenvalue weighted by atomic mass is 32.1. The van der Waals surface area contributed by atoms with E-state index in [1.165, 1.54) is 4.88 Å². The molecular formula is C17H20N6OS. The van der Waals surface area contributed by atoms with Crippen molar-refractivity contribution in [3.63, 3.8) is 0 Å². The molecule has 0 bridgehead atoms. The lowest BCUT2D eigenvalue weighted by Crippen LogP contribution is -2.47. The normalized spacial score (nSPS) is 15.0. The molecule has 8 heteroatoms. The molecular weight excluding hydrogens is 336 g/mol. The molecule has 0 atom stereocenters. The molecule has 0 N–H and O–H groups in total. The van der Waals surface area contributed by atoms with Crippen LogP contribution in [0.2, 0.25) is 0 Å². The third kappa shape index (κ3) is 3.09. The van der Waals surface area contributed by atoms with E-state index in [4.69, 9.17) is 4.52 Å². The van der Waals surface area contributed by atoms with Gasteiger partial charge in [-0.15, -0.1) is 11.3 Å². The molecule has 4 heterocycles. The van der Waals surface area contributed by atoms with Crippen LogP contribution >= 0.6 is 11.3 Å². The summed E-state index contributed by atoms with van der Waals surface area (Å²) >= 11 is 1.77. The molecule has 130 valence electrons. The van der Waals surface area contributed by atoms with Crippen molar-refractivity contribution in [2.75, 3.05) is 36.0 Å². The van der Waals surface area contributed by atoms with E-state index >= 15 is 0 Å². The fourth-order valence-corrected chi connectivity index (χ4v) is 3.88. The molecule has 1 aliphatic heterocycles. The van der Waals surface area contributed by atoms with Crippen LogP contribution in [0.3, 0.4) is 0 Å². The van der Waals surface area contributed by atoms with E-state index in [0.717, 1.165) is 48.4 Å². The first-order valence-electron chi connectivity index (χ1n) is 8.31. The third-order valence-corrected chi connectivity index (χ3v) is 5.55. The van der Waals surface area contributed by atoms with Crippen LogP contribution in [0, 0.1) is 20.8 Å². The van der Waals surface area contributed by atoms with Gasteiger partial charge < -0.3 is 14.3 Å². The minimum atomic E-state index is 0.522. The summed E-state index contributed by atoms with van der Waals surface area (Å²) in [5.74, 6) is 2.05. The van der Waals surface area contributed by atoms with Crippen molar-refractivity contribution in [1.29, 1.82) is 0 Å². The molecule has 0 amide bonds. The van der Waals surface area contributed by atoms with Crippen molar-refractivity contribution in [1.82, 2.24) is 20.1 Å². The first-order chi connectivity index (χ1) is 12.1. The van der Waals surface area contributed by atoms with E-state index in [0.29, 0.717) is 11.7 Å². The number of hydrogen-bond acceptors (Lipinski definition) is 8. The van der Waals surface area contributed by atoms with Crippen LogP contribution in [0.1, 0.15) is 16.4 Å². The number of hydrogen-bond donors (Lipinski definition) is 0. The van der Waals surface area contributed by atoms with Gasteiger partial charge in [-0.2, -0.15) is 4.98 Å². The van der Waals surface area contributed by atoms with Crippen LogP contribution in [-0.4, -0.2) is 46.3 Å². The van der Waals surface area contributed by atoms with Crippen LogP contribution in [0.4, 0.5) is 10.9 Å². The second kappa shape index (κ2) is 6.44. The summed E-state index contributed by atoms with van der Waals surface area (Å²) in [5.41, 5.74) is 2.01. The lowest BCUT2D eigenvalue weighted by molar-refractivity contribution is 0.425. The van der Waals surface area contributed by atoms with Crippen LogP contribution in [-0.2, 0) is 0 Å². The zero-order chi connectivity index (χ0) is 17.4. The number of nitrogens with zero attached hydrogens (tertiary/aromatic N) is 6. The van der Waals surface area contributed by atoms with Gasteiger partial charge in [0.2, 0.25) is 0 Å². The predicted molar refractivity (Wildman–Crippen MR) is 98.3 cm³/mol. The standard InChI is InChI=1S/C17H20N6OS/c1-11-12(2)25-17(19-11)23-9-7-22(8-10-23)15-14(5-4-6-18-15)16-20-13(3)21-24-16/h4-6H,7-10H2,1-3H3. The van der Waals surface area contributed by atoms with Crippen molar-refractivity contribution in [3.05, 3.63) is 34.7 Å². The average Bonchev–Trinajstić information content (AvgIpc) is 3.21. The van der Waals surface area contributed by atoms with Gasteiger partial charge in [-0.25, -0.2) is 9.97 Å². The van der Waals surface area contributed by atoms with Gasteiger partial charge in [0.25, 0.3) is 5.89 Å². The Bertz CT molecular complexity index is 861. The minimum absolute atomic E-state index is 0.522. The number of rotatable bonds is 3. The Labute approximate surface area is 150 Å². The van der Waals surface area contributed by atoms with E-state index in [1.807, 2.05) is 25.3 Å². The van der Waals surface area contributed by atoms with Crippen LogP contribution in [0.5, 0.6) is 0 Å². The van der Waals surface area contributed by atoms with E-state index in [-0.39, 0.29) is 0 Å². The van der Waals surface area contributed by atoms with Crippen molar-refractivity contribution < 1.29 is 4.52 Å². The molecule has 1 fully saturated rings. The van der Waals surface area contributed by atoms with E-state index in [9.17, 15) is 0 Å². The summed E-state index contributed by atoms with van der Waals surface area (Å²) < 4.78 is 5.34. The molecule has 25 heavy (non-hydrogen) atoms. The first kappa shape index (κ1) is 16.0. The smallest absolute Gasteiger partial charge is 0.261 e. The summed E-state index contributed by atoms with van der Waals surface area (Å²) in [4.78, 5) is 19.5. The molecule has 3 aromatic rings. The third-order valence-electron chi connectivity index (χ3n) is 4.41. The molecule has 0 spiro atoms. The van der Waals surface area contributed by atoms with Gasteiger partial charge in [0.05, 0.1) is 11.3 Å². The Morgan fingerprint density at radius 3 is 2.44 bits per heavy atom. The maximum Gasteiger partial charge on any atom is 0.261 e. The van der Waals surface area contributed by atoms with Crippen LogP contribution in [0.25, 0.3) is 11.5 Å². The van der Waals surface area contributed by atoms with E-state index in [1.54, 1.807) is 11.3 Å². The SMILES string of the molecule is Cc1noc(-c2cccnc2N2CCN(c3nc(C)c(C)s3)CC2)n1. The van der Waals surface area contributed by atoms with Crippen molar-refractivity contribution >= 4 is 22.3 Å². The highest BCUT2D eigenvalue weighted by Crippen LogP contribution is 2.30. The highest BCUT2D eigenvalue weighted by molar-refractivity contribution is 7.15. The Balaban J connectivity index is 1.53. The van der Waals surface area contributed by atoms with Gasteiger partial charge in [-0.3, -0.25) is 0 Å². The maximum atomic E-state index is 5.34. The van der Waals surface area contributed by atoms with Crippen LogP contribution < -0.4 is 9.80 Å².